The fraction of sp³-hybridized carbons (Fsp3) is 0.467. The molecule has 0 spiro atoms. The number of guanidine groups is 1. The monoisotopic (exact) mass is 259 g/mol. The highest BCUT2D eigenvalue weighted by Crippen LogP contribution is 2.21. The van der Waals surface area contributed by atoms with E-state index >= 15 is 0 Å². The first kappa shape index (κ1) is 13.6. The molecule has 1 aromatic carbocycles. The molecular formula is C15H21N3O. The van der Waals surface area contributed by atoms with Gasteiger partial charge in [0, 0.05) is 12.0 Å². The summed E-state index contributed by atoms with van der Waals surface area (Å²) in [6.07, 6.45) is 0.606. The van der Waals surface area contributed by atoms with E-state index in [1.807, 2.05) is 58.0 Å². The molecule has 1 amide bonds. The minimum atomic E-state index is -0.727. The lowest BCUT2D eigenvalue weighted by Gasteiger charge is -2.21. The summed E-state index contributed by atoms with van der Waals surface area (Å²) in [4.78, 5) is 16.7. The number of amides is 1. The van der Waals surface area contributed by atoms with E-state index in [1.165, 1.54) is 0 Å². The topological polar surface area (TPSA) is 53.5 Å². The van der Waals surface area contributed by atoms with Gasteiger partial charge in [-0.3, -0.25) is 10.1 Å². The van der Waals surface area contributed by atoms with Gasteiger partial charge in [-0.2, -0.15) is 0 Å². The quantitative estimate of drug-likeness (QED) is 0.852. The van der Waals surface area contributed by atoms with Gasteiger partial charge >= 0.3 is 0 Å². The first-order valence-electron chi connectivity index (χ1n) is 6.52. The van der Waals surface area contributed by atoms with Gasteiger partial charge < -0.3 is 5.32 Å². The maximum absolute atomic E-state index is 12.1. The maximum Gasteiger partial charge on any atom is 0.254 e. The van der Waals surface area contributed by atoms with Crippen LogP contribution in [0.25, 0.3) is 0 Å². The van der Waals surface area contributed by atoms with Crippen molar-refractivity contribution >= 4 is 11.9 Å². The van der Waals surface area contributed by atoms with Crippen molar-refractivity contribution in [1.29, 1.82) is 0 Å². The van der Waals surface area contributed by atoms with Gasteiger partial charge in [-0.05, 0) is 33.3 Å². The molecule has 1 unspecified atom stereocenters. The van der Waals surface area contributed by atoms with Gasteiger partial charge in [-0.25, -0.2) is 4.99 Å². The van der Waals surface area contributed by atoms with Crippen LogP contribution in [0.4, 0.5) is 0 Å². The number of rotatable bonds is 2. The van der Waals surface area contributed by atoms with E-state index in [2.05, 4.69) is 15.6 Å². The zero-order valence-corrected chi connectivity index (χ0v) is 11.9. The number of nitrogens with one attached hydrogen (secondary N) is 2. The molecule has 0 saturated heterocycles. The summed E-state index contributed by atoms with van der Waals surface area (Å²) in [7, 11) is 0. The van der Waals surface area contributed by atoms with E-state index in [9.17, 15) is 4.79 Å². The number of aliphatic imine (C=N–C) groups is 1. The molecule has 1 heterocycles. The summed E-state index contributed by atoms with van der Waals surface area (Å²) in [5.41, 5.74) is 0.264. The third-order valence-corrected chi connectivity index (χ3v) is 2.96. The van der Waals surface area contributed by atoms with Gasteiger partial charge in [0.25, 0.3) is 5.91 Å². The number of carbonyl (C=O) groups is 1. The highest BCUT2D eigenvalue weighted by molar-refractivity contribution is 6.07. The summed E-state index contributed by atoms with van der Waals surface area (Å²) in [5.74, 6) is 0.513. The Hall–Kier alpha value is -1.84. The summed E-state index contributed by atoms with van der Waals surface area (Å²) in [5, 5.41) is 6.03. The van der Waals surface area contributed by atoms with E-state index in [0.29, 0.717) is 12.4 Å². The number of nitrogens with zero attached hydrogens (tertiary/aromatic N) is 1. The molecule has 4 heteroatoms. The Kier molecular flexibility index (Phi) is 3.35. The van der Waals surface area contributed by atoms with E-state index in [0.717, 1.165) is 5.56 Å². The molecule has 1 aliphatic heterocycles. The van der Waals surface area contributed by atoms with Crippen molar-refractivity contribution in [3.63, 3.8) is 0 Å². The smallest absolute Gasteiger partial charge is 0.254 e. The number of hydrogen-bond donors (Lipinski definition) is 2. The predicted octanol–water partition coefficient (Wildman–Crippen LogP) is 1.86. The zero-order chi connectivity index (χ0) is 14.1. The normalized spacial score (nSPS) is 22.9. The molecule has 2 rings (SSSR count). The van der Waals surface area contributed by atoms with E-state index in [1.54, 1.807) is 0 Å². The minimum absolute atomic E-state index is 0.0527. The SMILES string of the molecule is CC(C)(C)NC1=NC(C)(Cc2ccccc2)C(=O)N1. The Morgan fingerprint density at radius 2 is 1.89 bits per heavy atom. The van der Waals surface area contributed by atoms with Crippen LogP contribution in [0.5, 0.6) is 0 Å². The highest BCUT2D eigenvalue weighted by atomic mass is 16.2. The second kappa shape index (κ2) is 4.68. The lowest BCUT2D eigenvalue weighted by molar-refractivity contribution is -0.123. The standard InChI is InChI=1S/C15H21N3O/c1-14(2,3)17-13-16-12(19)15(4,18-13)10-11-8-6-5-7-9-11/h5-9H,10H2,1-4H3,(H2,16,17,18,19). The zero-order valence-electron chi connectivity index (χ0n) is 11.9. The third kappa shape index (κ3) is 3.34. The van der Waals surface area contributed by atoms with E-state index < -0.39 is 5.54 Å². The molecule has 0 radical (unpaired) electrons. The van der Waals surface area contributed by atoms with Crippen molar-refractivity contribution in [2.24, 2.45) is 4.99 Å². The molecule has 0 fully saturated rings. The molecule has 102 valence electrons. The molecule has 0 bridgehead atoms. The lowest BCUT2D eigenvalue weighted by Crippen LogP contribution is -2.47. The van der Waals surface area contributed by atoms with Crippen LogP contribution in [0.3, 0.4) is 0 Å². The molecule has 1 atom stereocenters. The first-order valence-corrected chi connectivity index (χ1v) is 6.52. The molecule has 1 aliphatic rings. The van der Waals surface area contributed by atoms with Crippen LogP contribution in [-0.2, 0) is 11.2 Å². The van der Waals surface area contributed by atoms with Crippen LogP contribution < -0.4 is 10.6 Å². The van der Waals surface area contributed by atoms with Gasteiger partial charge in [0.2, 0.25) is 0 Å². The molecule has 0 aromatic heterocycles. The van der Waals surface area contributed by atoms with E-state index in [4.69, 9.17) is 0 Å². The Morgan fingerprint density at radius 1 is 1.26 bits per heavy atom. The Balaban J connectivity index is 2.16. The van der Waals surface area contributed by atoms with Crippen molar-refractivity contribution in [3.05, 3.63) is 35.9 Å². The lowest BCUT2D eigenvalue weighted by atomic mass is 9.93. The van der Waals surface area contributed by atoms with Crippen LogP contribution in [0.15, 0.2) is 35.3 Å². The number of hydrogen-bond acceptors (Lipinski definition) is 3. The van der Waals surface area contributed by atoms with Crippen LogP contribution >= 0.6 is 0 Å². The molecular weight excluding hydrogens is 238 g/mol. The van der Waals surface area contributed by atoms with E-state index in [-0.39, 0.29) is 11.4 Å². The van der Waals surface area contributed by atoms with Crippen LogP contribution in [0, 0.1) is 0 Å². The van der Waals surface area contributed by atoms with Crippen LogP contribution in [0.1, 0.15) is 33.3 Å². The molecule has 0 aliphatic carbocycles. The highest BCUT2D eigenvalue weighted by Gasteiger charge is 2.39. The average Bonchev–Trinajstić information content (AvgIpc) is 2.52. The van der Waals surface area contributed by atoms with Gasteiger partial charge in [0.05, 0.1) is 0 Å². The average molecular weight is 259 g/mol. The van der Waals surface area contributed by atoms with Crippen molar-refractivity contribution < 1.29 is 4.79 Å². The maximum atomic E-state index is 12.1. The van der Waals surface area contributed by atoms with Gasteiger partial charge in [0.1, 0.15) is 5.54 Å². The first-order chi connectivity index (χ1) is 8.78. The third-order valence-electron chi connectivity index (χ3n) is 2.96. The largest absolute Gasteiger partial charge is 0.351 e. The fourth-order valence-electron chi connectivity index (χ4n) is 2.10. The van der Waals surface area contributed by atoms with Crippen molar-refractivity contribution in [2.45, 2.75) is 45.2 Å². The second-order valence-corrected chi connectivity index (χ2v) is 6.23. The van der Waals surface area contributed by atoms with Gasteiger partial charge in [-0.1, -0.05) is 30.3 Å². The Morgan fingerprint density at radius 3 is 2.47 bits per heavy atom. The molecule has 19 heavy (non-hydrogen) atoms. The minimum Gasteiger partial charge on any atom is -0.351 e. The predicted molar refractivity (Wildman–Crippen MR) is 77.0 cm³/mol. The van der Waals surface area contributed by atoms with Crippen LogP contribution in [-0.4, -0.2) is 22.9 Å². The van der Waals surface area contributed by atoms with Crippen molar-refractivity contribution in [3.8, 4) is 0 Å². The number of carbonyl (C=O) groups excluding carboxylic acids is 1. The Bertz CT molecular complexity index is 502. The number of benzene rings is 1. The fourth-order valence-corrected chi connectivity index (χ4v) is 2.10. The summed E-state index contributed by atoms with van der Waals surface area (Å²) >= 11 is 0. The summed E-state index contributed by atoms with van der Waals surface area (Å²) in [6, 6.07) is 9.95. The van der Waals surface area contributed by atoms with Crippen LogP contribution in [0.2, 0.25) is 0 Å². The van der Waals surface area contributed by atoms with Crippen molar-refractivity contribution in [2.75, 3.05) is 0 Å². The van der Waals surface area contributed by atoms with Gasteiger partial charge in [0.15, 0.2) is 5.96 Å². The molecule has 0 saturated carbocycles. The molecule has 4 nitrogen and oxygen atoms in total. The molecule has 1 aromatic rings. The second-order valence-electron chi connectivity index (χ2n) is 6.23. The Labute approximate surface area is 114 Å². The summed E-state index contributed by atoms with van der Waals surface area (Å²) in [6.45, 7) is 7.98. The summed E-state index contributed by atoms with van der Waals surface area (Å²) < 4.78 is 0. The van der Waals surface area contributed by atoms with Crippen molar-refractivity contribution in [1.82, 2.24) is 10.6 Å². The molecule has 2 N–H and O–H groups in total. The van der Waals surface area contributed by atoms with Gasteiger partial charge in [-0.15, -0.1) is 0 Å².